The average molecular weight is 371 g/mol. The van der Waals surface area contributed by atoms with Crippen LogP contribution in [0.5, 0.6) is 0 Å². The maximum Gasteiger partial charge on any atom is 0.225 e. The molecule has 144 valence electrons. The normalized spacial score (nSPS) is 20.5. The predicted molar refractivity (Wildman–Crippen MR) is 101 cm³/mol. The molecule has 0 saturated carbocycles. The van der Waals surface area contributed by atoms with Crippen LogP contribution in [0.4, 0.5) is 11.6 Å². The van der Waals surface area contributed by atoms with Crippen molar-refractivity contribution in [3.8, 4) is 0 Å². The zero-order valence-electron chi connectivity index (χ0n) is 15.3. The summed E-state index contributed by atoms with van der Waals surface area (Å²) in [5.41, 5.74) is 0. The first-order chi connectivity index (χ1) is 13.3. The van der Waals surface area contributed by atoms with E-state index in [1.165, 1.54) is 0 Å². The molecule has 8 heteroatoms. The van der Waals surface area contributed by atoms with Crippen molar-refractivity contribution in [1.29, 1.82) is 0 Å². The van der Waals surface area contributed by atoms with Crippen molar-refractivity contribution in [1.82, 2.24) is 15.5 Å². The first-order valence-electron chi connectivity index (χ1n) is 9.51. The molecule has 4 heterocycles. The van der Waals surface area contributed by atoms with Gasteiger partial charge in [0.25, 0.3) is 0 Å². The van der Waals surface area contributed by atoms with Crippen molar-refractivity contribution >= 4 is 17.5 Å². The summed E-state index contributed by atoms with van der Waals surface area (Å²) in [5, 5.41) is 11.8. The van der Waals surface area contributed by atoms with E-state index in [1.54, 1.807) is 6.26 Å². The number of ether oxygens (including phenoxy) is 1. The summed E-state index contributed by atoms with van der Waals surface area (Å²) in [6.07, 6.45) is 3.47. The zero-order chi connectivity index (χ0) is 18.5. The van der Waals surface area contributed by atoms with Crippen LogP contribution in [-0.2, 0) is 16.1 Å². The lowest BCUT2D eigenvalue weighted by Gasteiger charge is -2.33. The van der Waals surface area contributed by atoms with Crippen LogP contribution in [-0.4, -0.2) is 55.5 Å². The Morgan fingerprint density at radius 1 is 1.11 bits per heavy atom. The molecule has 0 aliphatic carbocycles. The Balaban J connectivity index is 1.34. The zero-order valence-corrected chi connectivity index (χ0v) is 15.3. The van der Waals surface area contributed by atoms with Crippen molar-refractivity contribution in [3.63, 3.8) is 0 Å². The number of carbonyl (C=O) groups excluding carboxylic acids is 1. The van der Waals surface area contributed by atoms with Gasteiger partial charge in [-0.15, -0.1) is 10.2 Å². The predicted octanol–water partition coefficient (Wildman–Crippen LogP) is 1.44. The number of hydrogen-bond donors (Lipinski definition) is 1. The summed E-state index contributed by atoms with van der Waals surface area (Å²) in [5.74, 6) is 2.49. The molecule has 2 aliphatic heterocycles. The molecule has 0 bridgehead atoms. The van der Waals surface area contributed by atoms with Crippen molar-refractivity contribution in [3.05, 3.63) is 36.3 Å². The van der Waals surface area contributed by atoms with Gasteiger partial charge in [0.05, 0.1) is 31.9 Å². The lowest BCUT2D eigenvalue weighted by molar-refractivity contribution is -0.125. The van der Waals surface area contributed by atoms with E-state index < -0.39 is 0 Å². The minimum atomic E-state index is -0.0468. The fourth-order valence-electron chi connectivity index (χ4n) is 3.58. The minimum absolute atomic E-state index is 0.0468. The van der Waals surface area contributed by atoms with Crippen LogP contribution in [0, 0.1) is 5.92 Å². The van der Waals surface area contributed by atoms with Crippen LogP contribution in [0.2, 0.25) is 0 Å². The summed E-state index contributed by atoms with van der Waals surface area (Å²) >= 11 is 0. The second kappa shape index (κ2) is 8.39. The Kier molecular flexibility index (Phi) is 5.53. The van der Waals surface area contributed by atoms with E-state index in [4.69, 9.17) is 9.15 Å². The molecule has 1 amide bonds. The Bertz CT molecular complexity index is 728. The Morgan fingerprint density at radius 3 is 2.59 bits per heavy atom. The number of nitrogens with one attached hydrogen (secondary N) is 1. The molecule has 2 fully saturated rings. The van der Waals surface area contributed by atoms with Gasteiger partial charge in [0.2, 0.25) is 5.91 Å². The Hall–Kier alpha value is -2.61. The van der Waals surface area contributed by atoms with Crippen LogP contribution >= 0.6 is 0 Å². The standard InChI is InChI=1S/C19H25N5O3/c25-19(20-13-16-4-2-10-27-16)15-3-1-7-24(14-15)18-6-5-17(21-22-18)23-8-11-26-12-9-23/h2,4-6,10,15H,1,3,7-9,11-14H2,(H,20,25). The number of hydrogen-bond acceptors (Lipinski definition) is 7. The summed E-state index contributed by atoms with van der Waals surface area (Å²) in [6.45, 7) is 5.12. The number of carbonyl (C=O) groups is 1. The molecular formula is C19H25N5O3. The van der Waals surface area contributed by atoms with Gasteiger partial charge in [-0.05, 0) is 37.1 Å². The second-order valence-corrected chi connectivity index (χ2v) is 6.93. The van der Waals surface area contributed by atoms with Gasteiger partial charge in [0.1, 0.15) is 5.76 Å². The molecule has 0 spiro atoms. The quantitative estimate of drug-likeness (QED) is 0.851. The highest BCUT2D eigenvalue weighted by atomic mass is 16.5. The minimum Gasteiger partial charge on any atom is -0.467 e. The largest absolute Gasteiger partial charge is 0.467 e. The molecule has 1 unspecified atom stereocenters. The third-order valence-corrected chi connectivity index (χ3v) is 5.10. The van der Waals surface area contributed by atoms with Crippen molar-refractivity contribution in [2.24, 2.45) is 5.92 Å². The maximum atomic E-state index is 12.5. The Labute approximate surface area is 158 Å². The number of amides is 1. The summed E-state index contributed by atoms with van der Waals surface area (Å²) < 4.78 is 10.6. The lowest BCUT2D eigenvalue weighted by Crippen LogP contribution is -2.43. The number of anilines is 2. The third kappa shape index (κ3) is 4.39. The number of rotatable bonds is 5. The number of nitrogens with zero attached hydrogens (tertiary/aromatic N) is 4. The van der Waals surface area contributed by atoms with Gasteiger partial charge < -0.3 is 24.3 Å². The third-order valence-electron chi connectivity index (χ3n) is 5.10. The van der Waals surface area contributed by atoms with E-state index in [1.807, 2.05) is 24.3 Å². The summed E-state index contributed by atoms with van der Waals surface area (Å²) in [4.78, 5) is 16.8. The second-order valence-electron chi connectivity index (χ2n) is 6.93. The molecule has 1 atom stereocenters. The molecule has 8 nitrogen and oxygen atoms in total. The van der Waals surface area contributed by atoms with Gasteiger partial charge in [-0.3, -0.25) is 4.79 Å². The van der Waals surface area contributed by atoms with Crippen LogP contribution in [0.3, 0.4) is 0 Å². The molecule has 0 radical (unpaired) electrons. The SMILES string of the molecule is O=C(NCc1ccco1)C1CCCN(c2ccc(N3CCOCC3)nn2)C1. The van der Waals surface area contributed by atoms with Gasteiger partial charge >= 0.3 is 0 Å². The molecule has 2 aliphatic rings. The molecule has 27 heavy (non-hydrogen) atoms. The first-order valence-corrected chi connectivity index (χ1v) is 9.51. The molecule has 2 aromatic rings. The first kappa shape index (κ1) is 17.8. The van der Waals surface area contributed by atoms with Crippen molar-refractivity contribution in [2.75, 3.05) is 49.2 Å². The smallest absolute Gasteiger partial charge is 0.225 e. The molecule has 2 aromatic heterocycles. The summed E-state index contributed by atoms with van der Waals surface area (Å²) in [6, 6.07) is 7.69. The lowest BCUT2D eigenvalue weighted by atomic mass is 9.97. The molecule has 4 rings (SSSR count). The van der Waals surface area contributed by atoms with Crippen LogP contribution in [0.1, 0.15) is 18.6 Å². The Morgan fingerprint density at radius 2 is 1.89 bits per heavy atom. The fourth-order valence-corrected chi connectivity index (χ4v) is 3.58. The molecule has 0 aromatic carbocycles. The van der Waals surface area contributed by atoms with E-state index in [-0.39, 0.29) is 11.8 Å². The van der Waals surface area contributed by atoms with Gasteiger partial charge in [-0.2, -0.15) is 0 Å². The van der Waals surface area contributed by atoms with Crippen LogP contribution in [0.25, 0.3) is 0 Å². The number of morpholine rings is 1. The van der Waals surface area contributed by atoms with Gasteiger partial charge in [-0.25, -0.2) is 0 Å². The van der Waals surface area contributed by atoms with Crippen molar-refractivity contribution in [2.45, 2.75) is 19.4 Å². The van der Waals surface area contributed by atoms with E-state index in [0.717, 1.165) is 63.1 Å². The fraction of sp³-hybridized carbons (Fsp3) is 0.526. The van der Waals surface area contributed by atoms with Gasteiger partial charge in [0, 0.05) is 26.2 Å². The molecule has 1 N–H and O–H groups in total. The monoisotopic (exact) mass is 371 g/mol. The number of furan rings is 1. The average Bonchev–Trinajstić information content (AvgIpc) is 3.27. The number of piperidine rings is 1. The molecule has 2 saturated heterocycles. The van der Waals surface area contributed by atoms with Crippen LogP contribution in [0.15, 0.2) is 34.9 Å². The highest BCUT2D eigenvalue weighted by molar-refractivity contribution is 5.79. The van der Waals surface area contributed by atoms with E-state index in [2.05, 4.69) is 25.3 Å². The highest BCUT2D eigenvalue weighted by Gasteiger charge is 2.27. The maximum absolute atomic E-state index is 12.5. The molecular weight excluding hydrogens is 346 g/mol. The number of aromatic nitrogens is 2. The highest BCUT2D eigenvalue weighted by Crippen LogP contribution is 2.23. The van der Waals surface area contributed by atoms with E-state index in [9.17, 15) is 4.79 Å². The van der Waals surface area contributed by atoms with Gasteiger partial charge in [0.15, 0.2) is 11.6 Å². The van der Waals surface area contributed by atoms with Crippen LogP contribution < -0.4 is 15.1 Å². The van der Waals surface area contributed by atoms with Crippen molar-refractivity contribution < 1.29 is 13.9 Å². The van der Waals surface area contributed by atoms with E-state index in [0.29, 0.717) is 13.1 Å². The summed E-state index contributed by atoms with van der Waals surface area (Å²) in [7, 11) is 0. The topological polar surface area (TPSA) is 83.7 Å². The van der Waals surface area contributed by atoms with E-state index >= 15 is 0 Å². The van der Waals surface area contributed by atoms with Gasteiger partial charge in [-0.1, -0.05) is 0 Å².